The predicted octanol–water partition coefficient (Wildman–Crippen LogP) is 2.04. The summed E-state index contributed by atoms with van der Waals surface area (Å²) in [5.74, 6) is -1.68. The lowest BCUT2D eigenvalue weighted by molar-refractivity contribution is 0.0696. The van der Waals surface area contributed by atoms with Crippen LogP contribution in [0.15, 0.2) is 23.1 Å². The Bertz CT molecular complexity index is 662. The van der Waals surface area contributed by atoms with Crippen molar-refractivity contribution >= 4 is 27.8 Å². The van der Waals surface area contributed by atoms with E-state index in [2.05, 4.69) is 0 Å². The number of aromatic carboxylic acids is 1. The minimum atomic E-state index is -3.97. The van der Waals surface area contributed by atoms with Gasteiger partial charge in [0.25, 0.3) is 0 Å². The molecule has 1 aliphatic rings. The van der Waals surface area contributed by atoms with Gasteiger partial charge in [-0.05, 0) is 25.1 Å². The number of nitrogens with zero attached hydrogens (tertiary/aromatic N) is 1. The van der Waals surface area contributed by atoms with Gasteiger partial charge >= 0.3 is 5.97 Å². The molecule has 1 heterocycles. The van der Waals surface area contributed by atoms with Crippen LogP contribution in [0.2, 0.25) is 0 Å². The van der Waals surface area contributed by atoms with E-state index in [-0.39, 0.29) is 16.9 Å². The highest BCUT2D eigenvalue weighted by molar-refractivity contribution is 8.00. The highest BCUT2D eigenvalue weighted by Gasteiger charge is 2.36. The molecule has 5 nitrogen and oxygen atoms in total. The van der Waals surface area contributed by atoms with Crippen molar-refractivity contribution in [2.75, 3.05) is 12.3 Å². The molecule has 0 bridgehead atoms. The van der Waals surface area contributed by atoms with Crippen LogP contribution >= 0.6 is 11.8 Å². The van der Waals surface area contributed by atoms with Gasteiger partial charge in [-0.2, -0.15) is 16.1 Å². The zero-order chi connectivity index (χ0) is 15.8. The summed E-state index contributed by atoms with van der Waals surface area (Å²) in [6.07, 6.45) is 0. The summed E-state index contributed by atoms with van der Waals surface area (Å²) in [7, 11) is -3.97. The molecule has 0 amide bonds. The number of hydrogen-bond acceptors (Lipinski definition) is 4. The maximum Gasteiger partial charge on any atom is 0.335 e. The number of rotatable bonds is 3. The summed E-state index contributed by atoms with van der Waals surface area (Å²) in [5.41, 5.74) is -0.276. The van der Waals surface area contributed by atoms with Gasteiger partial charge in [-0.15, -0.1) is 0 Å². The van der Waals surface area contributed by atoms with Crippen LogP contribution in [0.4, 0.5) is 4.39 Å². The summed E-state index contributed by atoms with van der Waals surface area (Å²) in [6, 6.07) is 2.62. The average Bonchev–Trinajstić information content (AvgIpc) is 2.41. The third-order valence-electron chi connectivity index (χ3n) is 3.59. The molecule has 1 N–H and O–H groups in total. The molecule has 21 heavy (non-hydrogen) atoms. The fourth-order valence-electron chi connectivity index (χ4n) is 2.21. The van der Waals surface area contributed by atoms with Crippen molar-refractivity contribution in [1.82, 2.24) is 4.31 Å². The second-order valence-electron chi connectivity index (χ2n) is 4.88. The highest BCUT2D eigenvalue weighted by Crippen LogP contribution is 2.30. The summed E-state index contributed by atoms with van der Waals surface area (Å²) >= 11 is 1.67. The van der Waals surface area contributed by atoms with E-state index in [4.69, 9.17) is 5.11 Å². The van der Waals surface area contributed by atoms with Gasteiger partial charge in [0, 0.05) is 23.6 Å². The first-order valence-corrected chi connectivity index (χ1v) is 8.90. The fraction of sp³-hybridized carbons (Fsp3) is 0.462. The van der Waals surface area contributed by atoms with Crippen molar-refractivity contribution in [3.05, 3.63) is 29.6 Å². The Labute approximate surface area is 127 Å². The molecule has 0 spiro atoms. The molecule has 2 unspecified atom stereocenters. The molecule has 116 valence electrons. The summed E-state index contributed by atoms with van der Waals surface area (Å²) < 4.78 is 40.4. The molecule has 0 radical (unpaired) electrons. The van der Waals surface area contributed by atoms with Crippen LogP contribution in [-0.2, 0) is 10.0 Å². The van der Waals surface area contributed by atoms with Crippen LogP contribution in [0.3, 0.4) is 0 Å². The maximum atomic E-state index is 14.0. The number of thioether (sulfide) groups is 1. The molecule has 1 aromatic rings. The lowest BCUT2D eigenvalue weighted by atomic mass is 10.2. The van der Waals surface area contributed by atoms with Crippen molar-refractivity contribution in [2.24, 2.45) is 0 Å². The van der Waals surface area contributed by atoms with Crippen LogP contribution < -0.4 is 0 Å². The smallest absolute Gasteiger partial charge is 0.335 e. The van der Waals surface area contributed by atoms with Crippen molar-refractivity contribution in [3.8, 4) is 0 Å². The molecule has 2 rings (SSSR count). The van der Waals surface area contributed by atoms with E-state index in [0.717, 1.165) is 18.2 Å². The molecule has 0 aliphatic carbocycles. The van der Waals surface area contributed by atoms with E-state index >= 15 is 0 Å². The van der Waals surface area contributed by atoms with Crippen LogP contribution in [0.25, 0.3) is 0 Å². The third-order valence-corrected chi connectivity index (χ3v) is 6.95. The predicted molar refractivity (Wildman–Crippen MR) is 78.6 cm³/mol. The Kier molecular flexibility index (Phi) is 4.60. The quantitative estimate of drug-likeness (QED) is 0.916. The van der Waals surface area contributed by atoms with Crippen molar-refractivity contribution in [3.63, 3.8) is 0 Å². The van der Waals surface area contributed by atoms with E-state index in [9.17, 15) is 17.6 Å². The summed E-state index contributed by atoms with van der Waals surface area (Å²) in [4.78, 5) is 10.3. The van der Waals surface area contributed by atoms with E-state index in [0.29, 0.717) is 12.3 Å². The number of carbonyl (C=O) groups is 1. The monoisotopic (exact) mass is 333 g/mol. The first-order valence-electron chi connectivity index (χ1n) is 6.41. The van der Waals surface area contributed by atoms with E-state index in [1.54, 1.807) is 18.7 Å². The van der Waals surface area contributed by atoms with E-state index in [1.165, 1.54) is 4.31 Å². The number of hydrogen-bond donors (Lipinski definition) is 1. The number of sulfonamides is 1. The van der Waals surface area contributed by atoms with Gasteiger partial charge < -0.3 is 5.11 Å². The molecule has 8 heteroatoms. The Morgan fingerprint density at radius 2 is 2.10 bits per heavy atom. The van der Waals surface area contributed by atoms with Crippen LogP contribution in [0, 0.1) is 5.82 Å². The minimum absolute atomic E-state index is 0.120. The molecular weight excluding hydrogens is 317 g/mol. The second-order valence-corrected chi connectivity index (χ2v) is 8.23. The Hall–Kier alpha value is -1.12. The van der Waals surface area contributed by atoms with E-state index in [1.807, 2.05) is 6.92 Å². The topological polar surface area (TPSA) is 74.7 Å². The molecule has 1 aliphatic heterocycles. The van der Waals surface area contributed by atoms with Crippen molar-refractivity contribution in [2.45, 2.75) is 30.0 Å². The standard InChI is InChI=1S/C13H16FNO4S2/c1-8-9(2)20-6-5-15(8)21(18,19)12-4-3-10(13(16)17)7-11(12)14/h3-4,7-9H,5-6H2,1-2H3,(H,16,17). The molecule has 0 saturated carbocycles. The second kappa shape index (κ2) is 5.94. The molecule has 1 saturated heterocycles. The first-order chi connectivity index (χ1) is 9.75. The van der Waals surface area contributed by atoms with Gasteiger partial charge in [0.15, 0.2) is 0 Å². The number of carboxylic acid groups (broad SMARTS) is 1. The van der Waals surface area contributed by atoms with E-state index < -0.39 is 26.7 Å². The van der Waals surface area contributed by atoms with Gasteiger partial charge in [-0.25, -0.2) is 17.6 Å². The largest absolute Gasteiger partial charge is 0.478 e. The third kappa shape index (κ3) is 3.07. The SMILES string of the molecule is CC1SCCN(S(=O)(=O)c2ccc(C(=O)O)cc2F)C1C. The van der Waals surface area contributed by atoms with Gasteiger partial charge in [-0.1, -0.05) is 6.92 Å². The number of carboxylic acids is 1. The molecule has 1 fully saturated rings. The van der Waals surface area contributed by atoms with Crippen LogP contribution in [0.1, 0.15) is 24.2 Å². The lowest BCUT2D eigenvalue weighted by Gasteiger charge is -2.36. The Balaban J connectivity index is 2.42. The van der Waals surface area contributed by atoms with Gasteiger partial charge in [0.2, 0.25) is 10.0 Å². The fourth-order valence-corrected chi connectivity index (χ4v) is 5.26. The lowest BCUT2D eigenvalue weighted by Crippen LogP contribution is -2.48. The minimum Gasteiger partial charge on any atom is -0.478 e. The van der Waals surface area contributed by atoms with Crippen LogP contribution in [-0.4, -0.2) is 47.4 Å². The van der Waals surface area contributed by atoms with Crippen molar-refractivity contribution < 1.29 is 22.7 Å². The maximum absolute atomic E-state index is 14.0. The van der Waals surface area contributed by atoms with Crippen LogP contribution in [0.5, 0.6) is 0 Å². The average molecular weight is 333 g/mol. The molecular formula is C13H16FNO4S2. The summed E-state index contributed by atoms with van der Waals surface area (Å²) in [5, 5.41) is 8.92. The zero-order valence-corrected chi connectivity index (χ0v) is 13.2. The van der Waals surface area contributed by atoms with Gasteiger partial charge in [0.05, 0.1) is 5.56 Å². The summed E-state index contributed by atoms with van der Waals surface area (Å²) in [6.45, 7) is 4.04. The van der Waals surface area contributed by atoms with Gasteiger partial charge in [-0.3, -0.25) is 0 Å². The molecule has 0 aromatic heterocycles. The molecule has 1 aromatic carbocycles. The van der Waals surface area contributed by atoms with Gasteiger partial charge in [0.1, 0.15) is 10.7 Å². The normalized spacial score (nSPS) is 24.0. The number of benzene rings is 1. The zero-order valence-electron chi connectivity index (χ0n) is 11.6. The molecule has 2 atom stereocenters. The highest BCUT2D eigenvalue weighted by atomic mass is 32.2. The Morgan fingerprint density at radius 1 is 1.43 bits per heavy atom. The Morgan fingerprint density at radius 3 is 2.67 bits per heavy atom. The number of halogens is 1. The first kappa shape index (κ1) is 16.3. The van der Waals surface area contributed by atoms with Crippen molar-refractivity contribution in [1.29, 1.82) is 0 Å².